The van der Waals surface area contributed by atoms with E-state index < -0.39 is 47.5 Å². The Labute approximate surface area is 127 Å². The van der Waals surface area contributed by atoms with Gasteiger partial charge in [-0.1, -0.05) is 13.8 Å². The molecule has 0 fully saturated rings. The van der Waals surface area contributed by atoms with Gasteiger partial charge in [-0.15, -0.1) is 0 Å². The van der Waals surface area contributed by atoms with Crippen LogP contribution in [0.25, 0.3) is 0 Å². The third-order valence-electron chi connectivity index (χ3n) is 3.74. The first-order chi connectivity index (χ1) is 10.1. The molecular weight excluding hydrogens is 296 g/mol. The Hall–Kier alpha value is -2.12. The van der Waals surface area contributed by atoms with Crippen LogP contribution >= 0.6 is 0 Å². The average Bonchev–Trinajstić information content (AvgIpc) is 2.40. The van der Waals surface area contributed by atoms with E-state index in [0.717, 1.165) is 0 Å². The Morgan fingerprint density at radius 1 is 0.682 bits per heavy atom. The Morgan fingerprint density at radius 3 is 1.36 bits per heavy atom. The van der Waals surface area contributed by atoms with Crippen molar-refractivity contribution in [2.45, 2.75) is 39.5 Å². The fraction of sp³-hybridized carbons (Fsp3) is 0.714. The molecule has 4 N–H and O–H groups in total. The molecule has 0 aliphatic heterocycles. The lowest BCUT2D eigenvalue weighted by molar-refractivity contribution is -0.148. The third-order valence-corrected chi connectivity index (χ3v) is 3.74. The van der Waals surface area contributed by atoms with Crippen LogP contribution in [-0.2, 0) is 19.2 Å². The molecule has 22 heavy (non-hydrogen) atoms. The highest BCUT2D eigenvalue weighted by atomic mass is 16.4. The molecule has 126 valence electrons. The van der Waals surface area contributed by atoms with E-state index in [1.54, 1.807) is 6.92 Å². The summed E-state index contributed by atoms with van der Waals surface area (Å²) in [6.45, 7) is 2.96. The van der Waals surface area contributed by atoms with Gasteiger partial charge < -0.3 is 20.4 Å². The summed E-state index contributed by atoms with van der Waals surface area (Å²) in [7, 11) is 0. The van der Waals surface area contributed by atoms with Crippen LogP contribution in [-0.4, -0.2) is 44.3 Å². The molecule has 0 saturated heterocycles. The van der Waals surface area contributed by atoms with Crippen molar-refractivity contribution < 1.29 is 39.6 Å². The highest BCUT2D eigenvalue weighted by Gasteiger charge is 2.32. The molecule has 8 heteroatoms. The van der Waals surface area contributed by atoms with Crippen molar-refractivity contribution in [3.05, 3.63) is 0 Å². The zero-order valence-electron chi connectivity index (χ0n) is 12.6. The van der Waals surface area contributed by atoms with Crippen molar-refractivity contribution in [3.8, 4) is 0 Å². The van der Waals surface area contributed by atoms with Gasteiger partial charge >= 0.3 is 23.9 Å². The first-order valence-corrected chi connectivity index (χ1v) is 7.01. The van der Waals surface area contributed by atoms with Crippen molar-refractivity contribution in [2.24, 2.45) is 23.7 Å². The molecule has 0 spiro atoms. The number of rotatable bonds is 11. The molecule has 0 aromatic carbocycles. The zero-order chi connectivity index (χ0) is 17.4. The van der Waals surface area contributed by atoms with E-state index >= 15 is 0 Å². The monoisotopic (exact) mass is 318 g/mol. The van der Waals surface area contributed by atoms with Crippen LogP contribution in [0.3, 0.4) is 0 Å². The van der Waals surface area contributed by atoms with Gasteiger partial charge in [0.15, 0.2) is 0 Å². The van der Waals surface area contributed by atoms with Gasteiger partial charge in [0.2, 0.25) is 0 Å². The zero-order valence-corrected chi connectivity index (χ0v) is 12.6. The minimum Gasteiger partial charge on any atom is -0.481 e. The van der Waals surface area contributed by atoms with Gasteiger partial charge in [0, 0.05) is 0 Å². The Morgan fingerprint density at radius 2 is 1.05 bits per heavy atom. The summed E-state index contributed by atoms with van der Waals surface area (Å²) >= 11 is 0. The largest absolute Gasteiger partial charge is 0.481 e. The highest BCUT2D eigenvalue weighted by molar-refractivity contribution is 5.76. The number of carbonyl (C=O) groups is 4. The van der Waals surface area contributed by atoms with Crippen LogP contribution in [0.2, 0.25) is 0 Å². The maximum atomic E-state index is 11.2. The van der Waals surface area contributed by atoms with Crippen molar-refractivity contribution in [1.82, 2.24) is 0 Å². The molecule has 0 aromatic heterocycles. The summed E-state index contributed by atoms with van der Waals surface area (Å²) < 4.78 is 0. The van der Waals surface area contributed by atoms with Crippen LogP contribution in [0.15, 0.2) is 0 Å². The number of aliphatic carboxylic acids is 4. The van der Waals surface area contributed by atoms with E-state index in [1.165, 1.54) is 6.92 Å². The second-order valence-corrected chi connectivity index (χ2v) is 5.46. The van der Waals surface area contributed by atoms with Gasteiger partial charge in [-0.3, -0.25) is 19.2 Å². The van der Waals surface area contributed by atoms with Crippen LogP contribution in [0.1, 0.15) is 39.5 Å². The molecule has 0 aromatic rings. The van der Waals surface area contributed by atoms with Gasteiger partial charge in [-0.2, -0.15) is 0 Å². The van der Waals surface area contributed by atoms with Crippen molar-refractivity contribution in [1.29, 1.82) is 0 Å². The summed E-state index contributed by atoms with van der Waals surface area (Å²) in [6.07, 6.45) is -0.418. The summed E-state index contributed by atoms with van der Waals surface area (Å²) in [5.41, 5.74) is 0. The lowest BCUT2D eigenvalue weighted by atomic mass is 9.82. The van der Waals surface area contributed by atoms with Gasteiger partial charge in [0.05, 0.1) is 23.7 Å². The van der Waals surface area contributed by atoms with Crippen LogP contribution in [0.4, 0.5) is 0 Å². The quantitative estimate of drug-likeness (QED) is 0.446. The fourth-order valence-electron chi connectivity index (χ4n) is 2.25. The molecule has 0 bridgehead atoms. The minimum atomic E-state index is -1.28. The standard InChI is InChI=1S/C14H22O8/c1-3-8(12(17)18)5-10(14(21)22)6-9(13(19)20)4-7(2)11(15)16/h7-10H,3-6H2,1-2H3,(H,15,16)(H,17,18)(H,19,20)(H,21,22). The second-order valence-electron chi connectivity index (χ2n) is 5.46. The number of hydrogen-bond acceptors (Lipinski definition) is 4. The highest BCUT2D eigenvalue weighted by Crippen LogP contribution is 2.27. The number of hydrogen-bond donors (Lipinski definition) is 4. The lowest BCUT2D eigenvalue weighted by Crippen LogP contribution is -2.29. The van der Waals surface area contributed by atoms with Crippen molar-refractivity contribution >= 4 is 23.9 Å². The molecule has 0 aliphatic rings. The molecule has 8 nitrogen and oxygen atoms in total. The van der Waals surface area contributed by atoms with E-state index in [9.17, 15) is 24.3 Å². The maximum absolute atomic E-state index is 11.2. The van der Waals surface area contributed by atoms with E-state index in [-0.39, 0.29) is 25.7 Å². The normalized spacial score (nSPS) is 16.3. The van der Waals surface area contributed by atoms with E-state index in [1.807, 2.05) is 0 Å². The Kier molecular flexibility index (Phi) is 8.14. The molecule has 0 amide bonds. The first-order valence-electron chi connectivity index (χ1n) is 7.01. The molecular formula is C14H22O8. The predicted octanol–water partition coefficient (Wildman–Crippen LogP) is 1.39. The summed E-state index contributed by atoms with van der Waals surface area (Å²) in [4.78, 5) is 44.2. The molecule has 0 aliphatic carbocycles. The molecule has 4 atom stereocenters. The van der Waals surface area contributed by atoms with Crippen LogP contribution in [0, 0.1) is 23.7 Å². The fourth-order valence-corrected chi connectivity index (χ4v) is 2.25. The molecule has 0 rings (SSSR count). The van der Waals surface area contributed by atoms with E-state index in [4.69, 9.17) is 15.3 Å². The minimum absolute atomic E-state index is 0.174. The van der Waals surface area contributed by atoms with Gasteiger partial charge in [0.1, 0.15) is 0 Å². The molecule has 0 radical (unpaired) electrons. The first kappa shape index (κ1) is 19.9. The number of carboxylic acids is 4. The maximum Gasteiger partial charge on any atom is 0.306 e. The lowest BCUT2D eigenvalue weighted by Gasteiger charge is -2.21. The third kappa shape index (κ3) is 6.55. The van der Waals surface area contributed by atoms with Crippen LogP contribution < -0.4 is 0 Å². The SMILES string of the molecule is CCC(CC(CC(CC(C)C(=O)O)C(=O)O)C(=O)O)C(=O)O. The number of carboxylic acid groups (broad SMARTS) is 4. The van der Waals surface area contributed by atoms with Crippen LogP contribution in [0.5, 0.6) is 0 Å². The summed E-state index contributed by atoms with van der Waals surface area (Å²) in [6, 6.07) is 0. The van der Waals surface area contributed by atoms with E-state index in [2.05, 4.69) is 0 Å². The summed E-state index contributed by atoms with van der Waals surface area (Å²) in [5.74, 6) is -8.89. The predicted molar refractivity (Wildman–Crippen MR) is 74.3 cm³/mol. The molecule has 4 unspecified atom stereocenters. The molecule has 0 saturated carbocycles. The second kappa shape index (κ2) is 9.01. The molecule has 0 heterocycles. The topological polar surface area (TPSA) is 149 Å². The van der Waals surface area contributed by atoms with Gasteiger partial charge in [0.25, 0.3) is 0 Å². The van der Waals surface area contributed by atoms with Crippen molar-refractivity contribution in [2.75, 3.05) is 0 Å². The van der Waals surface area contributed by atoms with E-state index in [0.29, 0.717) is 0 Å². The Bertz CT molecular complexity index is 431. The van der Waals surface area contributed by atoms with Gasteiger partial charge in [-0.05, 0) is 25.7 Å². The summed E-state index contributed by atoms with van der Waals surface area (Å²) in [5, 5.41) is 36.1. The average molecular weight is 318 g/mol. The Balaban J connectivity index is 5.01. The van der Waals surface area contributed by atoms with Gasteiger partial charge in [-0.25, -0.2) is 0 Å². The smallest absolute Gasteiger partial charge is 0.306 e. The van der Waals surface area contributed by atoms with Crippen molar-refractivity contribution in [3.63, 3.8) is 0 Å².